The highest BCUT2D eigenvalue weighted by Crippen LogP contribution is 2.24. The maximum atomic E-state index is 13.0. The summed E-state index contributed by atoms with van der Waals surface area (Å²) in [6.07, 6.45) is 4.70. The summed E-state index contributed by atoms with van der Waals surface area (Å²) in [5, 5.41) is 9.44. The van der Waals surface area contributed by atoms with Crippen LogP contribution >= 0.6 is 0 Å². The van der Waals surface area contributed by atoms with Gasteiger partial charge in [-0.15, -0.1) is 0 Å². The van der Waals surface area contributed by atoms with Gasteiger partial charge in [-0.05, 0) is 37.6 Å². The molecule has 0 radical (unpaired) electrons. The van der Waals surface area contributed by atoms with Crippen molar-refractivity contribution in [3.05, 3.63) is 77.6 Å². The van der Waals surface area contributed by atoms with E-state index in [9.17, 15) is 13.2 Å². The Morgan fingerprint density at radius 2 is 1.80 bits per heavy atom. The van der Waals surface area contributed by atoms with Crippen LogP contribution in [-0.4, -0.2) is 35.6 Å². The van der Waals surface area contributed by atoms with Gasteiger partial charge in [-0.1, -0.05) is 35.9 Å². The van der Waals surface area contributed by atoms with Crippen molar-refractivity contribution in [3.63, 3.8) is 0 Å². The predicted molar refractivity (Wildman–Crippen MR) is 119 cm³/mol. The van der Waals surface area contributed by atoms with Gasteiger partial charge < -0.3 is 10.6 Å². The Hall–Kier alpha value is -3.13. The molecule has 0 unspecified atom stereocenters. The van der Waals surface area contributed by atoms with Crippen molar-refractivity contribution in [2.75, 3.05) is 11.6 Å². The zero-order valence-electron chi connectivity index (χ0n) is 17.5. The van der Waals surface area contributed by atoms with Crippen molar-refractivity contribution in [1.82, 2.24) is 15.1 Å². The number of carbonyl (C=O) groups excluding carboxylic acids is 1. The van der Waals surface area contributed by atoms with Crippen LogP contribution in [-0.2, 0) is 16.9 Å². The number of amides is 1. The smallest absolute Gasteiger partial charge is 0.251 e. The normalized spacial score (nSPS) is 13.5. The first-order valence-electron chi connectivity index (χ1n) is 9.55. The Labute approximate surface area is 177 Å². The molecule has 2 N–H and O–H groups in total. The highest BCUT2D eigenvalue weighted by molar-refractivity contribution is 7.91. The lowest BCUT2D eigenvalue weighted by molar-refractivity contribution is 0.0936. The van der Waals surface area contributed by atoms with Crippen LogP contribution in [0.25, 0.3) is 0 Å². The molecule has 0 bridgehead atoms. The molecule has 0 saturated heterocycles. The fourth-order valence-corrected chi connectivity index (χ4v) is 3.83. The molecule has 3 rings (SSSR count). The fraction of sp³-hybridized carbons (Fsp3) is 0.273. The number of nitrogens with one attached hydrogen (secondary N) is 2. The average molecular weight is 427 g/mol. The summed E-state index contributed by atoms with van der Waals surface area (Å²) in [6.45, 7) is 3.57. The molecular formula is C22H26N4O3S. The first-order valence-corrected chi connectivity index (χ1v) is 11.5. The summed E-state index contributed by atoms with van der Waals surface area (Å²) in [5.41, 5.74) is 3.78. The van der Waals surface area contributed by atoms with Crippen LogP contribution in [0.4, 0.5) is 11.4 Å². The number of rotatable bonds is 7. The number of benzene rings is 2. The lowest BCUT2D eigenvalue weighted by atomic mass is 10.0. The quantitative estimate of drug-likeness (QED) is 0.604. The van der Waals surface area contributed by atoms with Crippen molar-refractivity contribution in [2.45, 2.75) is 25.1 Å². The number of anilines is 2. The highest BCUT2D eigenvalue weighted by Gasteiger charge is 2.29. The Morgan fingerprint density at radius 3 is 2.40 bits per heavy atom. The SMILES string of the molecule is Cc1ccc([C@@H](NC(=O)c2cccc(Nc3cnn(C)c3)c2)[C@H](C)S(C)(=O)=O)cc1. The molecule has 0 aliphatic rings. The van der Waals surface area contributed by atoms with Crippen LogP contribution < -0.4 is 10.6 Å². The third-order valence-electron chi connectivity index (χ3n) is 4.99. The van der Waals surface area contributed by atoms with Crippen molar-refractivity contribution in [1.29, 1.82) is 0 Å². The van der Waals surface area contributed by atoms with Crippen molar-refractivity contribution < 1.29 is 13.2 Å². The molecule has 1 aromatic heterocycles. The standard InChI is InChI=1S/C22H26N4O3S/c1-15-8-10-17(11-9-15)21(16(2)30(4,28)29)25-22(27)18-6-5-7-19(12-18)24-20-13-23-26(3)14-20/h5-14,16,21,24H,1-4H3,(H,25,27)/t16-,21-/m0/s1. The Bertz CT molecular complexity index is 1140. The number of aryl methyl sites for hydroxylation is 2. The number of hydrogen-bond donors (Lipinski definition) is 2. The molecule has 158 valence electrons. The second-order valence-electron chi connectivity index (χ2n) is 7.50. The van der Waals surface area contributed by atoms with E-state index in [4.69, 9.17) is 0 Å². The molecule has 0 fully saturated rings. The number of hydrogen-bond acceptors (Lipinski definition) is 5. The van der Waals surface area contributed by atoms with E-state index in [-0.39, 0.29) is 5.91 Å². The molecule has 0 spiro atoms. The van der Waals surface area contributed by atoms with E-state index >= 15 is 0 Å². The summed E-state index contributed by atoms with van der Waals surface area (Å²) >= 11 is 0. The Morgan fingerprint density at radius 1 is 1.10 bits per heavy atom. The number of sulfone groups is 1. The minimum Gasteiger partial charge on any atom is -0.353 e. The van der Waals surface area contributed by atoms with E-state index in [2.05, 4.69) is 15.7 Å². The topological polar surface area (TPSA) is 93.1 Å². The molecule has 7 nitrogen and oxygen atoms in total. The largest absolute Gasteiger partial charge is 0.353 e. The van der Waals surface area contributed by atoms with Crippen LogP contribution in [0.2, 0.25) is 0 Å². The predicted octanol–water partition coefficient (Wildman–Crippen LogP) is 3.38. The molecule has 0 aliphatic heterocycles. The highest BCUT2D eigenvalue weighted by atomic mass is 32.2. The molecule has 30 heavy (non-hydrogen) atoms. The molecular weight excluding hydrogens is 400 g/mol. The number of aromatic nitrogens is 2. The second kappa shape index (κ2) is 8.71. The molecule has 0 saturated carbocycles. The average Bonchev–Trinajstić information content (AvgIpc) is 3.10. The first-order chi connectivity index (χ1) is 14.1. The van der Waals surface area contributed by atoms with Gasteiger partial charge in [0.05, 0.1) is 23.2 Å². The van der Waals surface area contributed by atoms with Gasteiger partial charge in [-0.3, -0.25) is 9.48 Å². The molecule has 1 amide bonds. The summed E-state index contributed by atoms with van der Waals surface area (Å²) in [6, 6.07) is 13.9. The van der Waals surface area contributed by atoms with E-state index < -0.39 is 21.1 Å². The Kier molecular flexibility index (Phi) is 6.26. The zero-order chi connectivity index (χ0) is 21.9. The van der Waals surface area contributed by atoms with E-state index in [1.54, 1.807) is 36.0 Å². The molecule has 2 aromatic carbocycles. The Balaban J connectivity index is 1.84. The molecule has 1 heterocycles. The molecule has 8 heteroatoms. The van der Waals surface area contributed by atoms with Gasteiger partial charge in [-0.25, -0.2) is 8.42 Å². The van der Waals surface area contributed by atoms with Gasteiger partial charge in [-0.2, -0.15) is 5.10 Å². The van der Waals surface area contributed by atoms with Gasteiger partial charge in [0.15, 0.2) is 9.84 Å². The van der Waals surface area contributed by atoms with Gasteiger partial charge in [0.1, 0.15) is 0 Å². The lowest BCUT2D eigenvalue weighted by Crippen LogP contribution is -2.38. The van der Waals surface area contributed by atoms with Gasteiger partial charge >= 0.3 is 0 Å². The summed E-state index contributed by atoms with van der Waals surface area (Å²) < 4.78 is 26.1. The van der Waals surface area contributed by atoms with E-state index in [0.29, 0.717) is 5.56 Å². The third kappa shape index (κ3) is 5.27. The third-order valence-corrected chi connectivity index (χ3v) is 6.61. The molecule has 0 aliphatic carbocycles. The van der Waals surface area contributed by atoms with Crippen LogP contribution in [0.3, 0.4) is 0 Å². The lowest BCUT2D eigenvalue weighted by Gasteiger charge is -2.25. The monoisotopic (exact) mass is 426 g/mol. The van der Waals surface area contributed by atoms with Crippen LogP contribution in [0.5, 0.6) is 0 Å². The van der Waals surface area contributed by atoms with Crippen molar-refractivity contribution in [2.24, 2.45) is 7.05 Å². The van der Waals surface area contributed by atoms with Gasteiger partial charge in [0.2, 0.25) is 0 Å². The van der Waals surface area contributed by atoms with Crippen molar-refractivity contribution in [3.8, 4) is 0 Å². The minimum absolute atomic E-state index is 0.342. The summed E-state index contributed by atoms with van der Waals surface area (Å²) in [7, 11) is -1.55. The maximum absolute atomic E-state index is 13.0. The molecule has 3 aromatic rings. The molecule has 2 atom stereocenters. The van der Waals surface area contributed by atoms with Crippen molar-refractivity contribution >= 4 is 27.1 Å². The van der Waals surface area contributed by atoms with E-state index in [1.807, 2.05) is 50.5 Å². The minimum atomic E-state index is -3.37. The van der Waals surface area contributed by atoms with Crippen LogP contribution in [0, 0.1) is 6.92 Å². The fourth-order valence-electron chi connectivity index (χ4n) is 3.11. The number of nitrogens with zero attached hydrogens (tertiary/aromatic N) is 2. The first kappa shape index (κ1) is 21.6. The maximum Gasteiger partial charge on any atom is 0.251 e. The van der Waals surface area contributed by atoms with Crippen LogP contribution in [0.15, 0.2) is 60.9 Å². The van der Waals surface area contributed by atoms with E-state index in [0.717, 1.165) is 22.5 Å². The summed E-state index contributed by atoms with van der Waals surface area (Å²) in [4.78, 5) is 13.0. The van der Waals surface area contributed by atoms with Gasteiger partial charge in [0, 0.05) is 30.8 Å². The summed E-state index contributed by atoms with van der Waals surface area (Å²) in [5.74, 6) is -0.342. The van der Waals surface area contributed by atoms with Gasteiger partial charge in [0.25, 0.3) is 5.91 Å². The second-order valence-corrected chi connectivity index (χ2v) is 9.91. The van der Waals surface area contributed by atoms with Crippen LogP contribution in [0.1, 0.15) is 34.5 Å². The van der Waals surface area contributed by atoms with E-state index in [1.165, 1.54) is 6.26 Å². The number of carbonyl (C=O) groups is 1. The zero-order valence-corrected chi connectivity index (χ0v) is 18.3.